The molecule has 1 aliphatic heterocycles. The van der Waals surface area contributed by atoms with Gasteiger partial charge in [0.1, 0.15) is 17.1 Å². The van der Waals surface area contributed by atoms with Gasteiger partial charge in [-0.15, -0.1) is 0 Å². The first-order valence-electron chi connectivity index (χ1n) is 12.1. The van der Waals surface area contributed by atoms with Crippen LogP contribution < -0.4 is 14.4 Å². The molecule has 36 heavy (non-hydrogen) atoms. The molecule has 4 atom stereocenters. The van der Waals surface area contributed by atoms with Crippen LogP contribution in [0.25, 0.3) is 0 Å². The number of anilines is 1. The summed E-state index contributed by atoms with van der Waals surface area (Å²) in [6, 6.07) is 21.2. The summed E-state index contributed by atoms with van der Waals surface area (Å²) in [4.78, 5) is 52.9. The second-order valence-corrected chi connectivity index (χ2v) is 9.53. The molecule has 1 saturated heterocycles. The number of benzene rings is 3. The van der Waals surface area contributed by atoms with Gasteiger partial charge in [0.15, 0.2) is 0 Å². The van der Waals surface area contributed by atoms with E-state index in [1.165, 1.54) is 29.2 Å². The average molecular weight is 482 g/mol. The number of fused-ring (bicyclic) bond motifs is 5. The van der Waals surface area contributed by atoms with Crippen LogP contribution in [-0.2, 0) is 9.59 Å². The third-order valence-electron chi connectivity index (χ3n) is 7.55. The van der Waals surface area contributed by atoms with Gasteiger partial charge in [-0.25, -0.2) is 9.59 Å². The maximum Gasteiger partial charge on any atom is 0.347 e. The zero-order valence-electron chi connectivity index (χ0n) is 19.3. The molecular formula is C29H23NO6. The lowest BCUT2D eigenvalue weighted by molar-refractivity contribution is -0.123. The van der Waals surface area contributed by atoms with Crippen molar-refractivity contribution < 1.29 is 28.7 Å². The first-order valence-corrected chi connectivity index (χ1v) is 12.1. The third kappa shape index (κ3) is 3.68. The zero-order valence-corrected chi connectivity index (χ0v) is 19.3. The monoisotopic (exact) mass is 481 g/mol. The first-order chi connectivity index (χ1) is 17.5. The van der Waals surface area contributed by atoms with Gasteiger partial charge in [0, 0.05) is 0 Å². The second kappa shape index (κ2) is 8.75. The van der Waals surface area contributed by atoms with Crippen LogP contribution in [0.3, 0.4) is 0 Å². The molecule has 7 heteroatoms. The van der Waals surface area contributed by atoms with E-state index in [0.29, 0.717) is 23.3 Å². The van der Waals surface area contributed by atoms with Gasteiger partial charge in [-0.3, -0.25) is 14.5 Å². The van der Waals surface area contributed by atoms with E-state index in [1.807, 2.05) is 6.07 Å². The van der Waals surface area contributed by atoms with E-state index in [0.717, 1.165) is 19.3 Å². The van der Waals surface area contributed by atoms with Crippen LogP contribution in [0.2, 0.25) is 0 Å². The molecule has 7 nitrogen and oxygen atoms in total. The van der Waals surface area contributed by atoms with Crippen molar-refractivity contribution in [3.8, 4) is 11.5 Å². The Labute approximate surface area is 207 Å². The van der Waals surface area contributed by atoms with Crippen LogP contribution in [0.5, 0.6) is 11.5 Å². The van der Waals surface area contributed by atoms with E-state index < -0.39 is 11.9 Å². The molecule has 2 aliphatic carbocycles. The molecule has 0 N–H and O–H groups in total. The maximum atomic E-state index is 13.0. The number of carbonyl (C=O) groups is 4. The second-order valence-electron chi connectivity index (χ2n) is 9.53. The number of imide groups is 1. The smallest absolute Gasteiger partial charge is 0.347 e. The number of carbonyl (C=O) groups excluding carboxylic acids is 4. The number of hydrogen-bond acceptors (Lipinski definition) is 6. The predicted octanol–water partition coefficient (Wildman–Crippen LogP) is 4.66. The van der Waals surface area contributed by atoms with Crippen LogP contribution in [0.4, 0.5) is 5.69 Å². The Morgan fingerprint density at radius 3 is 1.97 bits per heavy atom. The van der Waals surface area contributed by atoms with Crippen molar-refractivity contribution in [3.63, 3.8) is 0 Å². The fourth-order valence-electron chi connectivity index (χ4n) is 5.94. The highest BCUT2D eigenvalue weighted by Crippen LogP contribution is 2.56. The SMILES string of the molecule is O=C(Oc1ccccc1C(=O)Oc1ccccc1)c1ccc(N2C(=O)C3C4CCC(C4)C3C2=O)cc1. The number of para-hydroxylation sites is 2. The summed E-state index contributed by atoms with van der Waals surface area (Å²) in [6.07, 6.45) is 3.01. The highest BCUT2D eigenvalue weighted by Gasteiger charge is 2.61. The molecule has 0 radical (unpaired) electrons. The van der Waals surface area contributed by atoms with E-state index >= 15 is 0 Å². The maximum absolute atomic E-state index is 13.0. The number of ether oxygens (including phenoxy) is 2. The molecule has 2 amide bonds. The molecule has 2 bridgehead atoms. The van der Waals surface area contributed by atoms with E-state index in [4.69, 9.17) is 9.47 Å². The predicted molar refractivity (Wildman–Crippen MR) is 130 cm³/mol. The van der Waals surface area contributed by atoms with Crippen LogP contribution in [-0.4, -0.2) is 23.8 Å². The molecule has 4 unspecified atom stereocenters. The lowest BCUT2D eigenvalue weighted by atomic mass is 9.81. The van der Waals surface area contributed by atoms with Gasteiger partial charge < -0.3 is 9.47 Å². The van der Waals surface area contributed by atoms with Gasteiger partial charge >= 0.3 is 11.9 Å². The van der Waals surface area contributed by atoms with Crippen LogP contribution in [0, 0.1) is 23.7 Å². The molecule has 0 aromatic heterocycles. The molecule has 1 heterocycles. The summed E-state index contributed by atoms with van der Waals surface area (Å²) in [5, 5.41) is 0. The van der Waals surface area contributed by atoms with Crippen molar-refractivity contribution in [2.24, 2.45) is 23.7 Å². The minimum Gasteiger partial charge on any atom is -0.423 e. The number of nitrogens with zero attached hydrogens (tertiary/aromatic N) is 1. The van der Waals surface area contributed by atoms with Crippen molar-refractivity contribution in [2.45, 2.75) is 19.3 Å². The van der Waals surface area contributed by atoms with Gasteiger partial charge in [0.05, 0.1) is 23.1 Å². The highest BCUT2D eigenvalue weighted by atomic mass is 16.5. The van der Waals surface area contributed by atoms with Crippen molar-refractivity contribution in [2.75, 3.05) is 4.90 Å². The summed E-state index contributed by atoms with van der Waals surface area (Å²) >= 11 is 0. The third-order valence-corrected chi connectivity index (χ3v) is 7.55. The summed E-state index contributed by atoms with van der Waals surface area (Å²) in [5.41, 5.74) is 0.798. The summed E-state index contributed by atoms with van der Waals surface area (Å²) in [5.74, 6) is -0.907. The number of hydrogen-bond donors (Lipinski definition) is 0. The largest absolute Gasteiger partial charge is 0.423 e. The van der Waals surface area contributed by atoms with Gasteiger partial charge in [-0.2, -0.15) is 0 Å². The van der Waals surface area contributed by atoms with Crippen molar-refractivity contribution in [1.29, 1.82) is 0 Å². The molecule has 2 saturated carbocycles. The van der Waals surface area contributed by atoms with Crippen LogP contribution >= 0.6 is 0 Å². The van der Waals surface area contributed by atoms with Gasteiger partial charge in [-0.05, 0) is 79.6 Å². The fourth-order valence-corrected chi connectivity index (χ4v) is 5.94. The molecule has 3 aromatic carbocycles. The summed E-state index contributed by atoms with van der Waals surface area (Å²) in [6.45, 7) is 0. The van der Waals surface area contributed by atoms with E-state index in [9.17, 15) is 19.2 Å². The van der Waals surface area contributed by atoms with E-state index in [-0.39, 0.29) is 40.5 Å². The Morgan fingerprint density at radius 2 is 1.31 bits per heavy atom. The van der Waals surface area contributed by atoms with Crippen molar-refractivity contribution in [3.05, 3.63) is 90.0 Å². The number of amides is 2. The number of esters is 2. The van der Waals surface area contributed by atoms with Crippen LogP contribution in [0.15, 0.2) is 78.9 Å². The Kier molecular flexibility index (Phi) is 5.40. The molecule has 3 aromatic rings. The summed E-state index contributed by atoms with van der Waals surface area (Å²) < 4.78 is 10.9. The van der Waals surface area contributed by atoms with Crippen molar-refractivity contribution >= 4 is 29.4 Å². The van der Waals surface area contributed by atoms with E-state index in [1.54, 1.807) is 48.5 Å². The average Bonchev–Trinajstić information content (AvgIpc) is 3.58. The number of rotatable bonds is 5. The Bertz CT molecular complexity index is 1340. The molecule has 0 spiro atoms. The minimum absolute atomic E-state index is 0.0701. The topological polar surface area (TPSA) is 90.0 Å². The van der Waals surface area contributed by atoms with Gasteiger partial charge in [0.2, 0.25) is 11.8 Å². The lowest BCUT2D eigenvalue weighted by Crippen LogP contribution is -2.32. The van der Waals surface area contributed by atoms with Gasteiger partial charge in [-0.1, -0.05) is 30.3 Å². The van der Waals surface area contributed by atoms with Gasteiger partial charge in [0.25, 0.3) is 0 Å². The van der Waals surface area contributed by atoms with E-state index in [2.05, 4.69) is 0 Å². The lowest BCUT2D eigenvalue weighted by Gasteiger charge is -2.19. The first kappa shape index (κ1) is 22.2. The summed E-state index contributed by atoms with van der Waals surface area (Å²) in [7, 11) is 0. The Hall–Kier alpha value is -4.26. The fraction of sp³-hybridized carbons (Fsp3) is 0.241. The quantitative estimate of drug-likeness (QED) is 0.299. The van der Waals surface area contributed by atoms with Crippen molar-refractivity contribution in [1.82, 2.24) is 0 Å². The minimum atomic E-state index is -0.671. The Balaban J connectivity index is 1.17. The highest BCUT2D eigenvalue weighted by molar-refractivity contribution is 6.22. The molecular weight excluding hydrogens is 458 g/mol. The zero-order chi connectivity index (χ0) is 24.8. The molecule has 3 aliphatic rings. The Morgan fingerprint density at radius 1 is 0.694 bits per heavy atom. The van der Waals surface area contributed by atoms with Crippen LogP contribution in [0.1, 0.15) is 40.0 Å². The standard InChI is InChI=1S/C29H23NO6/c31-26-24-18-10-11-19(16-18)25(24)27(32)30(26)20-14-12-17(13-15-20)28(33)36-23-9-5-4-8-22(23)29(34)35-21-6-2-1-3-7-21/h1-9,12-15,18-19,24-25H,10-11,16H2. The normalized spacial score (nSPS) is 24.1. The molecule has 6 rings (SSSR count). The molecule has 3 fully saturated rings. The molecule has 180 valence electrons.